The normalized spacial score (nSPS) is 15.5. The van der Waals surface area contributed by atoms with Crippen LogP contribution >= 0.6 is 15.9 Å². The molecule has 1 aromatic heterocycles. The fourth-order valence-corrected chi connectivity index (χ4v) is 1.92. The first-order valence-corrected chi connectivity index (χ1v) is 5.93. The van der Waals surface area contributed by atoms with Crippen molar-refractivity contribution in [2.45, 2.75) is 18.9 Å². The molecule has 2 nitrogen and oxygen atoms in total. The average Bonchev–Trinajstić information content (AvgIpc) is 2.99. The Bertz CT molecular complexity index is 469. The first-order chi connectivity index (χ1) is 7.33. The number of benzene rings is 1. The Morgan fingerprint density at radius 2 is 1.87 bits per heavy atom. The summed E-state index contributed by atoms with van der Waals surface area (Å²) in [6, 6.07) is 11.0. The molecule has 1 saturated carbocycles. The molecule has 2 aromatic rings. The minimum atomic E-state index is 0.661. The SMILES string of the molecule is Brc1ccc(-c2ccn(C3CC3)n2)cc1. The summed E-state index contributed by atoms with van der Waals surface area (Å²) in [5.41, 5.74) is 2.24. The maximum atomic E-state index is 4.57. The van der Waals surface area contributed by atoms with Crippen molar-refractivity contribution in [3.8, 4) is 11.3 Å². The summed E-state index contributed by atoms with van der Waals surface area (Å²) in [5, 5.41) is 4.57. The standard InChI is InChI=1S/C12H11BrN2/c13-10-3-1-9(2-4-10)12-7-8-15(14-12)11-5-6-11/h1-4,7-8,11H,5-6H2. The van der Waals surface area contributed by atoms with Gasteiger partial charge in [-0.15, -0.1) is 0 Å². The molecule has 0 amide bonds. The van der Waals surface area contributed by atoms with Gasteiger partial charge >= 0.3 is 0 Å². The van der Waals surface area contributed by atoms with E-state index in [0.29, 0.717) is 6.04 Å². The van der Waals surface area contributed by atoms with E-state index in [-0.39, 0.29) is 0 Å². The van der Waals surface area contributed by atoms with Crippen molar-refractivity contribution in [2.24, 2.45) is 0 Å². The van der Waals surface area contributed by atoms with E-state index in [9.17, 15) is 0 Å². The van der Waals surface area contributed by atoms with Crippen LogP contribution in [0.4, 0.5) is 0 Å². The summed E-state index contributed by atoms with van der Waals surface area (Å²) >= 11 is 3.43. The van der Waals surface area contributed by atoms with Gasteiger partial charge in [0.25, 0.3) is 0 Å². The summed E-state index contributed by atoms with van der Waals surface area (Å²) in [6.45, 7) is 0. The second-order valence-electron chi connectivity index (χ2n) is 3.92. The lowest BCUT2D eigenvalue weighted by Crippen LogP contribution is -1.93. The van der Waals surface area contributed by atoms with Crippen LogP contribution in [-0.4, -0.2) is 9.78 Å². The van der Waals surface area contributed by atoms with Crippen molar-refractivity contribution in [3.05, 3.63) is 41.0 Å². The topological polar surface area (TPSA) is 17.8 Å². The van der Waals surface area contributed by atoms with Crippen molar-refractivity contribution in [2.75, 3.05) is 0 Å². The Kier molecular flexibility index (Phi) is 2.13. The lowest BCUT2D eigenvalue weighted by molar-refractivity contribution is 0.644. The third-order valence-electron chi connectivity index (χ3n) is 2.67. The first-order valence-electron chi connectivity index (χ1n) is 5.14. The zero-order valence-corrected chi connectivity index (χ0v) is 9.81. The molecule has 76 valence electrons. The maximum Gasteiger partial charge on any atom is 0.0923 e. The minimum Gasteiger partial charge on any atom is -0.269 e. The summed E-state index contributed by atoms with van der Waals surface area (Å²) < 4.78 is 3.19. The van der Waals surface area contributed by atoms with E-state index < -0.39 is 0 Å². The van der Waals surface area contributed by atoms with Gasteiger partial charge in [0.15, 0.2) is 0 Å². The van der Waals surface area contributed by atoms with Crippen molar-refractivity contribution in [1.82, 2.24) is 9.78 Å². The molecule has 0 spiro atoms. The molecule has 1 aliphatic rings. The van der Waals surface area contributed by atoms with Gasteiger partial charge in [-0.2, -0.15) is 5.10 Å². The molecule has 3 heteroatoms. The average molecular weight is 263 g/mol. The van der Waals surface area contributed by atoms with Crippen LogP contribution in [0.1, 0.15) is 18.9 Å². The van der Waals surface area contributed by atoms with Crippen molar-refractivity contribution < 1.29 is 0 Å². The fourth-order valence-electron chi connectivity index (χ4n) is 1.66. The minimum absolute atomic E-state index is 0.661. The molecule has 0 atom stereocenters. The van der Waals surface area contributed by atoms with E-state index in [1.165, 1.54) is 18.4 Å². The highest BCUT2D eigenvalue weighted by Crippen LogP contribution is 2.34. The molecule has 3 rings (SSSR count). The fraction of sp³-hybridized carbons (Fsp3) is 0.250. The maximum absolute atomic E-state index is 4.57. The zero-order valence-electron chi connectivity index (χ0n) is 8.23. The number of rotatable bonds is 2. The molecule has 1 heterocycles. The Labute approximate surface area is 97.1 Å². The summed E-state index contributed by atoms with van der Waals surface area (Å²) in [4.78, 5) is 0. The van der Waals surface area contributed by atoms with Gasteiger partial charge in [0.05, 0.1) is 11.7 Å². The van der Waals surface area contributed by atoms with Crippen LogP contribution < -0.4 is 0 Å². The third kappa shape index (κ3) is 1.84. The highest BCUT2D eigenvalue weighted by Gasteiger charge is 2.24. The Morgan fingerprint density at radius 3 is 2.53 bits per heavy atom. The lowest BCUT2D eigenvalue weighted by atomic mass is 10.2. The van der Waals surface area contributed by atoms with E-state index >= 15 is 0 Å². The van der Waals surface area contributed by atoms with Crippen molar-refractivity contribution in [1.29, 1.82) is 0 Å². The molecule has 15 heavy (non-hydrogen) atoms. The van der Waals surface area contributed by atoms with Gasteiger partial charge in [-0.1, -0.05) is 28.1 Å². The van der Waals surface area contributed by atoms with E-state index in [2.05, 4.69) is 50.1 Å². The second-order valence-corrected chi connectivity index (χ2v) is 4.83. The third-order valence-corrected chi connectivity index (χ3v) is 3.20. The van der Waals surface area contributed by atoms with E-state index in [1.807, 2.05) is 12.1 Å². The number of hydrogen-bond donors (Lipinski definition) is 0. The number of halogens is 1. The van der Waals surface area contributed by atoms with E-state index in [0.717, 1.165) is 10.2 Å². The van der Waals surface area contributed by atoms with Gasteiger partial charge in [0, 0.05) is 16.2 Å². The predicted molar refractivity (Wildman–Crippen MR) is 63.6 cm³/mol. The molecule has 1 aliphatic carbocycles. The molecule has 0 saturated heterocycles. The highest BCUT2D eigenvalue weighted by molar-refractivity contribution is 9.10. The Morgan fingerprint density at radius 1 is 1.13 bits per heavy atom. The number of hydrogen-bond acceptors (Lipinski definition) is 1. The molecular weight excluding hydrogens is 252 g/mol. The van der Waals surface area contributed by atoms with Crippen LogP contribution in [0.5, 0.6) is 0 Å². The van der Waals surface area contributed by atoms with Gasteiger partial charge in [-0.05, 0) is 31.0 Å². The lowest BCUT2D eigenvalue weighted by Gasteiger charge is -1.97. The quantitative estimate of drug-likeness (QED) is 0.808. The van der Waals surface area contributed by atoms with Gasteiger partial charge in [0.1, 0.15) is 0 Å². The molecule has 0 aliphatic heterocycles. The first kappa shape index (κ1) is 9.16. The molecule has 0 unspecified atom stereocenters. The number of aromatic nitrogens is 2. The molecule has 0 N–H and O–H groups in total. The van der Waals surface area contributed by atoms with Crippen LogP contribution in [0.25, 0.3) is 11.3 Å². The summed E-state index contributed by atoms with van der Waals surface area (Å²) in [7, 11) is 0. The van der Waals surface area contributed by atoms with Gasteiger partial charge in [-0.25, -0.2) is 0 Å². The second kappa shape index (κ2) is 3.49. The van der Waals surface area contributed by atoms with Gasteiger partial charge in [0.2, 0.25) is 0 Å². The van der Waals surface area contributed by atoms with Crippen LogP contribution in [0.3, 0.4) is 0 Å². The number of nitrogens with zero attached hydrogens (tertiary/aromatic N) is 2. The van der Waals surface area contributed by atoms with E-state index in [4.69, 9.17) is 0 Å². The van der Waals surface area contributed by atoms with Gasteiger partial charge < -0.3 is 0 Å². The highest BCUT2D eigenvalue weighted by atomic mass is 79.9. The molecule has 0 radical (unpaired) electrons. The van der Waals surface area contributed by atoms with E-state index in [1.54, 1.807) is 0 Å². The van der Waals surface area contributed by atoms with Gasteiger partial charge in [-0.3, -0.25) is 4.68 Å². The smallest absolute Gasteiger partial charge is 0.0923 e. The van der Waals surface area contributed by atoms with Crippen LogP contribution in [0.15, 0.2) is 41.0 Å². The predicted octanol–water partition coefficient (Wildman–Crippen LogP) is 3.65. The molecule has 0 bridgehead atoms. The summed E-state index contributed by atoms with van der Waals surface area (Å²) in [6.07, 6.45) is 4.64. The van der Waals surface area contributed by atoms with Crippen LogP contribution in [-0.2, 0) is 0 Å². The monoisotopic (exact) mass is 262 g/mol. The molecular formula is C12H11BrN2. The Hall–Kier alpha value is -1.09. The Balaban J connectivity index is 1.93. The van der Waals surface area contributed by atoms with Crippen molar-refractivity contribution in [3.63, 3.8) is 0 Å². The molecule has 1 aromatic carbocycles. The molecule has 1 fully saturated rings. The van der Waals surface area contributed by atoms with Crippen molar-refractivity contribution >= 4 is 15.9 Å². The zero-order chi connectivity index (χ0) is 10.3. The van der Waals surface area contributed by atoms with Crippen LogP contribution in [0.2, 0.25) is 0 Å². The van der Waals surface area contributed by atoms with Crippen LogP contribution in [0, 0.1) is 0 Å². The largest absolute Gasteiger partial charge is 0.269 e. The summed E-state index contributed by atoms with van der Waals surface area (Å²) in [5.74, 6) is 0.